The van der Waals surface area contributed by atoms with E-state index in [1.165, 1.54) is 34.8 Å². The van der Waals surface area contributed by atoms with E-state index in [0.29, 0.717) is 21.9 Å². The third-order valence-electron chi connectivity index (χ3n) is 4.11. The van der Waals surface area contributed by atoms with Crippen LogP contribution in [0.4, 0.5) is 0 Å². The lowest BCUT2D eigenvalue weighted by molar-refractivity contribution is -0.185. The largest absolute Gasteiger partial charge is 0.476 e. The number of carbonyl (C=O) groups excluding carboxylic acids is 3. The summed E-state index contributed by atoms with van der Waals surface area (Å²) in [6.07, 6.45) is 0. The summed E-state index contributed by atoms with van der Waals surface area (Å²) >= 11 is 5.84. The van der Waals surface area contributed by atoms with E-state index in [4.69, 9.17) is 21.1 Å². The molecule has 29 heavy (non-hydrogen) atoms. The number of ether oxygens (including phenoxy) is 3. The van der Waals surface area contributed by atoms with Gasteiger partial charge in [-0.3, -0.25) is 4.79 Å². The second kappa shape index (κ2) is 8.66. The van der Waals surface area contributed by atoms with Crippen LogP contribution in [-0.2, 0) is 19.1 Å². The maximum Gasteiger partial charge on any atom is 0.350 e. The quantitative estimate of drug-likeness (QED) is 0.494. The topological polar surface area (TPSA) is 78.9 Å². The zero-order valence-electron chi connectivity index (χ0n) is 16.9. The molecule has 2 aromatic carbocycles. The number of methoxy groups -OCH3 is 1. The summed E-state index contributed by atoms with van der Waals surface area (Å²) in [6, 6.07) is 13.0. The van der Waals surface area contributed by atoms with Crippen LogP contribution in [0.3, 0.4) is 0 Å². The molecule has 0 spiro atoms. The molecule has 0 atom stereocenters. The van der Waals surface area contributed by atoms with Gasteiger partial charge in [-0.2, -0.15) is 0 Å². The summed E-state index contributed by atoms with van der Waals surface area (Å²) in [5.41, 5.74) is -1.84. The fourth-order valence-corrected chi connectivity index (χ4v) is 2.55. The molecule has 0 amide bonds. The van der Waals surface area contributed by atoms with Crippen molar-refractivity contribution in [2.75, 3.05) is 7.11 Å². The zero-order valence-corrected chi connectivity index (χ0v) is 17.7. The number of hydrogen-bond donors (Lipinski definition) is 0. The Labute approximate surface area is 174 Å². The van der Waals surface area contributed by atoms with E-state index in [-0.39, 0.29) is 5.78 Å². The van der Waals surface area contributed by atoms with Gasteiger partial charge in [-0.05, 0) is 76.2 Å². The number of benzene rings is 2. The van der Waals surface area contributed by atoms with Crippen LogP contribution < -0.4 is 4.74 Å². The van der Waals surface area contributed by atoms with Gasteiger partial charge >= 0.3 is 11.9 Å². The number of halogens is 1. The fourth-order valence-electron chi connectivity index (χ4n) is 2.42. The minimum absolute atomic E-state index is 0.160. The third kappa shape index (κ3) is 5.57. The third-order valence-corrected chi connectivity index (χ3v) is 4.36. The molecule has 7 heteroatoms. The standard InChI is InChI=1S/C22H23ClO6/c1-21(2,19(25)27-5)29-20(26)22(3,4)28-17-12-8-15(9-13-17)18(24)14-6-10-16(23)11-7-14/h6-13H,1-5H3. The van der Waals surface area contributed by atoms with Crippen molar-refractivity contribution < 1.29 is 28.6 Å². The maximum absolute atomic E-state index is 12.5. The molecule has 0 N–H and O–H groups in total. The zero-order chi connectivity index (χ0) is 21.8. The van der Waals surface area contributed by atoms with Crippen LogP contribution in [0.25, 0.3) is 0 Å². The van der Waals surface area contributed by atoms with Gasteiger partial charge in [-0.25, -0.2) is 9.59 Å². The van der Waals surface area contributed by atoms with Crippen LogP contribution in [0.2, 0.25) is 5.02 Å². The van der Waals surface area contributed by atoms with Crippen LogP contribution in [0.1, 0.15) is 43.6 Å². The van der Waals surface area contributed by atoms with Crippen molar-refractivity contribution in [3.05, 3.63) is 64.7 Å². The molecule has 0 fully saturated rings. The second-order valence-corrected chi connectivity index (χ2v) is 7.80. The van der Waals surface area contributed by atoms with E-state index in [0.717, 1.165) is 0 Å². The Kier molecular flexibility index (Phi) is 6.69. The molecule has 154 valence electrons. The van der Waals surface area contributed by atoms with Crippen molar-refractivity contribution in [3.8, 4) is 5.75 Å². The smallest absolute Gasteiger partial charge is 0.350 e. The number of hydrogen-bond acceptors (Lipinski definition) is 6. The first kappa shape index (κ1) is 22.4. The Morgan fingerprint density at radius 1 is 0.759 bits per heavy atom. The highest BCUT2D eigenvalue weighted by Crippen LogP contribution is 2.24. The lowest BCUT2D eigenvalue weighted by Crippen LogP contribution is -2.47. The van der Waals surface area contributed by atoms with Crippen molar-refractivity contribution in [2.24, 2.45) is 0 Å². The summed E-state index contributed by atoms with van der Waals surface area (Å²) in [5.74, 6) is -1.19. The van der Waals surface area contributed by atoms with Gasteiger partial charge in [0.25, 0.3) is 0 Å². The van der Waals surface area contributed by atoms with Crippen LogP contribution in [-0.4, -0.2) is 36.0 Å². The van der Waals surface area contributed by atoms with Gasteiger partial charge in [0, 0.05) is 16.1 Å². The van der Waals surface area contributed by atoms with Gasteiger partial charge in [-0.15, -0.1) is 0 Å². The number of rotatable bonds is 7. The minimum Gasteiger partial charge on any atom is -0.476 e. The molecule has 0 aliphatic rings. The second-order valence-electron chi connectivity index (χ2n) is 7.36. The molecule has 2 aromatic rings. The average Bonchev–Trinajstić information content (AvgIpc) is 2.67. The van der Waals surface area contributed by atoms with E-state index in [2.05, 4.69) is 4.74 Å². The Morgan fingerprint density at radius 2 is 1.24 bits per heavy atom. The highest BCUT2D eigenvalue weighted by Gasteiger charge is 2.40. The molecule has 0 heterocycles. The predicted octanol–water partition coefficient (Wildman–Crippen LogP) is 4.22. The summed E-state index contributed by atoms with van der Waals surface area (Å²) in [7, 11) is 1.21. The van der Waals surface area contributed by atoms with Crippen LogP contribution >= 0.6 is 11.6 Å². The van der Waals surface area contributed by atoms with Crippen LogP contribution in [0, 0.1) is 0 Å². The Bertz CT molecular complexity index is 898. The van der Waals surface area contributed by atoms with Crippen molar-refractivity contribution in [1.82, 2.24) is 0 Å². The van der Waals surface area contributed by atoms with Crippen LogP contribution in [0.5, 0.6) is 5.75 Å². The Hall–Kier alpha value is -2.86. The van der Waals surface area contributed by atoms with Crippen LogP contribution in [0.15, 0.2) is 48.5 Å². The number of esters is 2. The lowest BCUT2D eigenvalue weighted by Gasteiger charge is -2.29. The van der Waals surface area contributed by atoms with Crippen molar-refractivity contribution in [3.63, 3.8) is 0 Å². The molecular weight excluding hydrogens is 396 g/mol. The Morgan fingerprint density at radius 3 is 1.72 bits per heavy atom. The van der Waals surface area contributed by atoms with Gasteiger partial charge in [0.05, 0.1) is 7.11 Å². The average molecular weight is 419 g/mol. The highest BCUT2D eigenvalue weighted by atomic mass is 35.5. The molecule has 0 bridgehead atoms. The first-order valence-electron chi connectivity index (χ1n) is 8.87. The normalized spacial score (nSPS) is 11.5. The lowest BCUT2D eigenvalue weighted by atomic mass is 10.0. The summed E-state index contributed by atoms with van der Waals surface area (Å²) in [6.45, 7) is 5.92. The summed E-state index contributed by atoms with van der Waals surface area (Å²) < 4.78 is 15.6. The van der Waals surface area contributed by atoms with Gasteiger partial charge in [0.1, 0.15) is 5.75 Å². The SMILES string of the molecule is COC(=O)C(C)(C)OC(=O)C(C)(C)Oc1ccc(C(=O)c2ccc(Cl)cc2)cc1. The van der Waals surface area contributed by atoms with Crippen molar-refractivity contribution >= 4 is 29.3 Å². The summed E-state index contributed by atoms with van der Waals surface area (Å²) in [5, 5.41) is 0.551. The van der Waals surface area contributed by atoms with E-state index >= 15 is 0 Å². The minimum atomic E-state index is -1.44. The molecule has 0 saturated carbocycles. The van der Waals surface area contributed by atoms with E-state index in [1.54, 1.807) is 48.5 Å². The maximum atomic E-state index is 12.5. The molecule has 6 nitrogen and oxygen atoms in total. The first-order chi connectivity index (χ1) is 13.5. The highest BCUT2D eigenvalue weighted by molar-refractivity contribution is 6.30. The molecular formula is C22H23ClO6. The number of carbonyl (C=O) groups is 3. The molecule has 0 aromatic heterocycles. The van der Waals surface area contributed by atoms with Crippen molar-refractivity contribution in [2.45, 2.75) is 38.9 Å². The molecule has 0 aliphatic carbocycles. The van der Waals surface area contributed by atoms with Crippen molar-refractivity contribution in [1.29, 1.82) is 0 Å². The molecule has 0 saturated heterocycles. The monoisotopic (exact) mass is 418 g/mol. The molecule has 0 unspecified atom stereocenters. The van der Waals surface area contributed by atoms with Gasteiger partial charge in [-0.1, -0.05) is 11.6 Å². The Balaban J connectivity index is 2.09. The van der Waals surface area contributed by atoms with E-state index in [1.807, 2.05) is 0 Å². The fraction of sp³-hybridized carbons (Fsp3) is 0.318. The van der Waals surface area contributed by atoms with Gasteiger partial charge in [0.2, 0.25) is 5.60 Å². The number of ketones is 1. The first-order valence-corrected chi connectivity index (χ1v) is 9.25. The van der Waals surface area contributed by atoms with E-state index in [9.17, 15) is 14.4 Å². The van der Waals surface area contributed by atoms with Gasteiger partial charge in [0.15, 0.2) is 11.4 Å². The predicted molar refractivity (Wildman–Crippen MR) is 108 cm³/mol. The summed E-state index contributed by atoms with van der Waals surface area (Å²) in [4.78, 5) is 36.7. The molecule has 2 rings (SSSR count). The molecule has 0 aliphatic heterocycles. The van der Waals surface area contributed by atoms with E-state index < -0.39 is 23.1 Å². The molecule has 0 radical (unpaired) electrons. The van der Waals surface area contributed by atoms with Gasteiger partial charge < -0.3 is 14.2 Å².